The summed E-state index contributed by atoms with van der Waals surface area (Å²) in [5, 5.41) is 10.4. The van der Waals surface area contributed by atoms with Crippen LogP contribution in [0.25, 0.3) is 6.08 Å². The van der Waals surface area contributed by atoms with Gasteiger partial charge in [-0.1, -0.05) is 0 Å². The monoisotopic (exact) mass is 313 g/mol. The third-order valence-electron chi connectivity index (χ3n) is 3.53. The van der Waals surface area contributed by atoms with Crippen LogP contribution in [0.1, 0.15) is 25.2 Å². The molecule has 0 spiro atoms. The second kappa shape index (κ2) is 5.60. The largest absolute Gasteiger partial charge is 0.494 e. The Morgan fingerprint density at radius 2 is 2.17 bits per heavy atom. The minimum atomic E-state index is -0.699. The van der Waals surface area contributed by atoms with Crippen molar-refractivity contribution in [2.24, 2.45) is 4.99 Å². The molecule has 0 unspecified atom stereocenters. The Morgan fingerprint density at radius 1 is 1.39 bits per heavy atom. The zero-order valence-electron chi connectivity index (χ0n) is 12.7. The van der Waals surface area contributed by atoms with Crippen LogP contribution in [0.3, 0.4) is 0 Å². The van der Waals surface area contributed by atoms with E-state index in [1.54, 1.807) is 18.2 Å². The fourth-order valence-electron chi connectivity index (χ4n) is 2.40. The molecule has 0 saturated carbocycles. The molecule has 0 amide bonds. The highest BCUT2D eigenvalue weighted by Gasteiger charge is 2.16. The zero-order chi connectivity index (χ0) is 16.6. The maximum Gasteiger partial charge on any atom is 0.331 e. The van der Waals surface area contributed by atoms with E-state index < -0.39 is 17.1 Å². The fourth-order valence-corrected chi connectivity index (χ4v) is 2.40. The van der Waals surface area contributed by atoms with Gasteiger partial charge in [-0.15, -0.1) is 0 Å². The fraction of sp³-hybridized carbons (Fsp3) is 0.188. The first-order valence-electron chi connectivity index (χ1n) is 7.00. The molecule has 1 aliphatic rings. The molecule has 2 aromatic rings. The van der Waals surface area contributed by atoms with Crippen molar-refractivity contribution in [3.05, 3.63) is 67.9 Å². The molecule has 0 atom stereocenters. The van der Waals surface area contributed by atoms with E-state index in [0.29, 0.717) is 11.3 Å². The number of hydrogen-bond acceptors (Lipinski definition) is 5. The Kier molecular flexibility index (Phi) is 3.61. The summed E-state index contributed by atoms with van der Waals surface area (Å²) >= 11 is 0. The van der Waals surface area contributed by atoms with Crippen molar-refractivity contribution in [3.63, 3.8) is 0 Å². The van der Waals surface area contributed by atoms with Crippen molar-refractivity contribution in [3.8, 4) is 5.88 Å². The molecule has 0 fully saturated rings. The van der Waals surface area contributed by atoms with Crippen LogP contribution in [-0.2, 0) is 6.54 Å². The molecular weight excluding hydrogens is 298 g/mol. The summed E-state index contributed by atoms with van der Waals surface area (Å²) in [5.41, 5.74) is 0.924. The molecule has 3 rings (SSSR count). The first-order chi connectivity index (χ1) is 11.0. The van der Waals surface area contributed by atoms with Gasteiger partial charge in [0.25, 0.3) is 5.56 Å². The Morgan fingerprint density at radius 3 is 2.78 bits per heavy atom. The lowest BCUT2D eigenvalue weighted by Crippen LogP contribution is -2.31. The zero-order valence-corrected chi connectivity index (χ0v) is 12.7. The standard InChI is InChI=1S/C16H15N3O4/c1-9-6-11(10(2)17-9)7-13-14(20)18-16(22)19(15(13)21)8-12-4-3-5-23-12/h3-7,21H,8H2,1-2H3,(H,18,20,22)/b11-7+. The topological polar surface area (TPSA) is 101 Å². The van der Waals surface area contributed by atoms with Gasteiger partial charge < -0.3 is 9.52 Å². The van der Waals surface area contributed by atoms with E-state index in [9.17, 15) is 14.7 Å². The van der Waals surface area contributed by atoms with Crippen LogP contribution in [-0.4, -0.2) is 20.4 Å². The molecule has 23 heavy (non-hydrogen) atoms. The van der Waals surface area contributed by atoms with Crippen LogP contribution >= 0.6 is 0 Å². The SMILES string of the molecule is CC1=C/C(=C\c2c(O)n(Cc3ccco3)c(=O)[nH]c2=O)C(C)=N1. The van der Waals surface area contributed by atoms with Crippen molar-refractivity contribution in [2.45, 2.75) is 20.4 Å². The molecule has 3 heterocycles. The van der Waals surface area contributed by atoms with E-state index in [-0.39, 0.29) is 12.1 Å². The lowest BCUT2D eigenvalue weighted by Gasteiger charge is -2.08. The summed E-state index contributed by atoms with van der Waals surface area (Å²) in [6, 6.07) is 3.35. The number of aliphatic imine (C=N–C) groups is 1. The minimum absolute atomic E-state index is 0.00616. The number of aromatic amines is 1. The lowest BCUT2D eigenvalue weighted by atomic mass is 10.1. The van der Waals surface area contributed by atoms with Gasteiger partial charge in [-0.3, -0.25) is 19.3 Å². The van der Waals surface area contributed by atoms with Crippen LogP contribution < -0.4 is 11.2 Å². The number of nitrogens with one attached hydrogen (secondary N) is 1. The number of furan rings is 1. The van der Waals surface area contributed by atoms with Crippen molar-refractivity contribution in [1.29, 1.82) is 0 Å². The van der Waals surface area contributed by atoms with Crippen LogP contribution in [0.2, 0.25) is 0 Å². The van der Waals surface area contributed by atoms with Crippen LogP contribution in [0.5, 0.6) is 5.88 Å². The number of aromatic nitrogens is 2. The van der Waals surface area contributed by atoms with Gasteiger partial charge in [0.2, 0.25) is 5.88 Å². The van der Waals surface area contributed by atoms with Crippen molar-refractivity contribution in [2.75, 3.05) is 0 Å². The lowest BCUT2D eigenvalue weighted by molar-refractivity contribution is 0.392. The Bertz CT molecular complexity index is 956. The molecule has 2 N–H and O–H groups in total. The summed E-state index contributed by atoms with van der Waals surface area (Å²) in [7, 11) is 0. The highest BCUT2D eigenvalue weighted by atomic mass is 16.3. The Balaban J connectivity index is 2.12. The number of H-pyrrole nitrogens is 1. The number of rotatable bonds is 3. The van der Waals surface area contributed by atoms with Gasteiger partial charge >= 0.3 is 5.69 Å². The van der Waals surface area contributed by atoms with E-state index in [1.165, 1.54) is 12.3 Å². The first-order valence-corrected chi connectivity index (χ1v) is 7.00. The average Bonchev–Trinajstić information content (AvgIpc) is 3.09. The molecular formula is C16H15N3O4. The summed E-state index contributed by atoms with van der Waals surface area (Å²) < 4.78 is 6.22. The molecule has 7 nitrogen and oxygen atoms in total. The summed E-state index contributed by atoms with van der Waals surface area (Å²) in [5.74, 6) is 0.0794. The van der Waals surface area contributed by atoms with Crippen LogP contribution in [0.4, 0.5) is 0 Å². The summed E-state index contributed by atoms with van der Waals surface area (Å²) in [6.07, 6.45) is 4.79. The van der Waals surface area contributed by atoms with Gasteiger partial charge in [0, 0.05) is 11.4 Å². The van der Waals surface area contributed by atoms with Gasteiger partial charge in [0.05, 0.1) is 12.8 Å². The predicted molar refractivity (Wildman–Crippen MR) is 85.6 cm³/mol. The van der Waals surface area contributed by atoms with E-state index in [4.69, 9.17) is 4.42 Å². The Hall–Kier alpha value is -3.09. The molecule has 118 valence electrons. The quantitative estimate of drug-likeness (QED) is 0.899. The molecule has 7 heteroatoms. The predicted octanol–water partition coefficient (Wildman–Crippen LogP) is 1.65. The normalized spacial score (nSPS) is 15.8. The van der Waals surface area contributed by atoms with Crippen molar-refractivity contribution >= 4 is 11.8 Å². The maximum absolute atomic E-state index is 12.0. The van der Waals surface area contributed by atoms with Gasteiger partial charge in [0.15, 0.2) is 0 Å². The van der Waals surface area contributed by atoms with Gasteiger partial charge in [0.1, 0.15) is 11.3 Å². The van der Waals surface area contributed by atoms with E-state index in [1.807, 2.05) is 13.8 Å². The minimum Gasteiger partial charge on any atom is -0.494 e. The molecule has 0 bridgehead atoms. The number of allylic oxidation sites excluding steroid dienone is 3. The molecule has 0 radical (unpaired) electrons. The van der Waals surface area contributed by atoms with E-state index >= 15 is 0 Å². The Labute approximate surface area is 130 Å². The number of hydrogen-bond donors (Lipinski definition) is 2. The number of nitrogens with zero attached hydrogens (tertiary/aromatic N) is 2. The second-order valence-electron chi connectivity index (χ2n) is 5.24. The highest BCUT2D eigenvalue weighted by molar-refractivity contribution is 6.07. The van der Waals surface area contributed by atoms with Crippen molar-refractivity contribution in [1.82, 2.24) is 9.55 Å². The van der Waals surface area contributed by atoms with Gasteiger partial charge in [-0.25, -0.2) is 4.79 Å². The highest BCUT2D eigenvalue weighted by Crippen LogP contribution is 2.21. The van der Waals surface area contributed by atoms with Crippen LogP contribution in [0.15, 0.2) is 54.7 Å². The second-order valence-corrected chi connectivity index (χ2v) is 5.24. The molecule has 0 aromatic carbocycles. The molecule has 0 saturated heterocycles. The van der Waals surface area contributed by atoms with Crippen LogP contribution in [0, 0.1) is 0 Å². The average molecular weight is 313 g/mol. The summed E-state index contributed by atoms with van der Waals surface area (Å²) in [4.78, 5) is 30.4. The number of aromatic hydroxyl groups is 1. The maximum atomic E-state index is 12.0. The molecule has 0 aliphatic carbocycles. The van der Waals surface area contributed by atoms with Crippen molar-refractivity contribution < 1.29 is 9.52 Å². The third-order valence-corrected chi connectivity index (χ3v) is 3.53. The third kappa shape index (κ3) is 2.80. The summed E-state index contributed by atoms with van der Waals surface area (Å²) in [6.45, 7) is 3.67. The molecule has 1 aliphatic heterocycles. The smallest absolute Gasteiger partial charge is 0.331 e. The van der Waals surface area contributed by atoms with E-state index in [0.717, 1.165) is 16.0 Å². The molecule has 2 aromatic heterocycles. The van der Waals surface area contributed by atoms with Gasteiger partial charge in [-0.2, -0.15) is 0 Å². The first kappa shape index (κ1) is 14.8. The van der Waals surface area contributed by atoms with E-state index in [2.05, 4.69) is 9.98 Å². The van der Waals surface area contributed by atoms with Gasteiger partial charge in [-0.05, 0) is 43.7 Å².